The number of carbonyl (C=O) groups excluding carboxylic acids is 2. The maximum Gasteiger partial charge on any atom is 0.236 e. The Hall–Kier alpha value is -0.540. The van der Waals surface area contributed by atoms with E-state index in [1.807, 2.05) is 0 Å². The highest BCUT2D eigenvalue weighted by Gasteiger charge is 2.20. The lowest BCUT2D eigenvalue weighted by atomic mass is 10.4. The molecule has 0 bridgehead atoms. The summed E-state index contributed by atoms with van der Waals surface area (Å²) >= 11 is 2.99. The average molecular weight is 202 g/mol. The Morgan fingerprint density at radius 1 is 1.08 bits per heavy atom. The van der Waals surface area contributed by atoms with Crippen LogP contribution in [0.4, 0.5) is 0 Å². The number of thioether (sulfide) groups is 2. The lowest BCUT2D eigenvalue weighted by Crippen LogP contribution is -2.19. The predicted octanol–water partition coefficient (Wildman–Crippen LogP) is 0.790. The Kier molecular flexibility index (Phi) is 4.11. The third-order valence-electron chi connectivity index (χ3n) is 1.26. The molecule has 1 fully saturated rings. The molecule has 1 saturated heterocycles. The van der Waals surface area contributed by atoms with E-state index >= 15 is 0 Å². The van der Waals surface area contributed by atoms with Gasteiger partial charge in [0.2, 0.25) is 12.2 Å². The molecule has 0 N–H and O–H groups in total. The van der Waals surface area contributed by atoms with Crippen molar-refractivity contribution in [3.05, 3.63) is 0 Å². The molecule has 0 aromatic carbocycles. The van der Waals surface area contributed by atoms with Crippen molar-refractivity contribution in [2.24, 2.45) is 9.98 Å². The second-order valence-electron chi connectivity index (χ2n) is 2.07. The molecule has 1 rings (SSSR count). The summed E-state index contributed by atoms with van der Waals surface area (Å²) in [6, 6.07) is 0.0237. The van der Waals surface area contributed by atoms with Crippen LogP contribution in [0.1, 0.15) is 0 Å². The number of rotatable bonds is 2. The van der Waals surface area contributed by atoms with Crippen molar-refractivity contribution < 1.29 is 9.59 Å². The van der Waals surface area contributed by atoms with E-state index in [2.05, 4.69) is 9.98 Å². The van der Waals surface area contributed by atoms with Crippen LogP contribution in [0.25, 0.3) is 0 Å². The topological polar surface area (TPSA) is 58.9 Å². The van der Waals surface area contributed by atoms with E-state index < -0.39 is 0 Å². The van der Waals surface area contributed by atoms with Gasteiger partial charge in [-0.1, -0.05) is 0 Å². The fourth-order valence-corrected chi connectivity index (χ4v) is 3.15. The number of nitrogens with zero attached hydrogens (tertiary/aromatic N) is 2. The molecule has 0 amide bonds. The Balaban J connectivity index is 2.38. The summed E-state index contributed by atoms with van der Waals surface area (Å²) in [6.07, 6.45) is 3.03. The molecule has 0 aromatic heterocycles. The highest BCUT2D eigenvalue weighted by Crippen LogP contribution is 2.32. The Labute approximate surface area is 77.9 Å². The number of hydrogen-bond donors (Lipinski definition) is 0. The lowest BCUT2D eigenvalue weighted by Gasteiger charge is -2.19. The van der Waals surface area contributed by atoms with Crippen molar-refractivity contribution in [1.82, 2.24) is 0 Å². The lowest BCUT2D eigenvalue weighted by molar-refractivity contribution is 0.560. The van der Waals surface area contributed by atoms with Crippen molar-refractivity contribution in [1.29, 1.82) is 0 Å². The van der Waals surface area contributed by atoms with Gasteiger partial charge < -0.3 is 0 Å². The maximum atomic E-state index is 9.88. The molecule has 0 aliphatic carbocycles. The van der Waals surface area contributed by atoms with Crippen LogP contribution in [-0.2, 0) is 9.59 Å². The molecule has 6 heteroatoms. The van der Waals surface area contributed by atoms with Crippen molar-refractivity contribution in [2.45, 2.75) is 10.7 Å². The molecule has 0 atom stereocenters. The first kappa shape index (κ1) is 9.55. The fraction of sp³-hybridized carbons (Fsp3) is 0.667. The van der Waals surface area contributed by atoms with Gasteiger partial charge in [0.1, 0.15) is 0 Å². The minimum absolute atomic E-state index is 0.0237. The van der Waals surface area contributed by atoms with Gasteiger partial charge in [0.05, 0.1) is 6.04 Å². The quantitative estimate of drug-likeness (QED) is 0.490. The van der Waals surface area contributed by atoms with E-state index in [-0.39, 0.29) is 10.7 Å². The van der Waals surface area contributed by atoms with Crippen molar-refractivity contribution in [2.75, 3.05) is 11.5 Å². The molecule has 12 heavy (non-hydrogen) atoms. The van der Waals surface area contributed by atoms with Gasteiger partial charge in [-0.15, -0.1) is 23.5 Å². The average Bonchev–Trinajstić information content (AvgIpc) is 2.09. The van der Waals surface area contributed by atoms with E-state index in [1.54, 1.807) is 0 Å². The van der Waals surface area contributed by atoms with E-state index in [9.17, 15) is 9.59 Å². The summed E-state index contributed by atoms with van der Waals surface area (Å²) in [5.74, 6) is 1.44. The van der Waals surface area contributed by atoms with Crippen LogP contribution < -0.4 is 0 Å². The summed E-state index contributed by atoms with van der Waals surface area (Å²) in [4.78, 5) is 26.9. The highest BCUT2D eigenvalue weighted by molar-refractivity contribution is 8.17. The van der Waals surface area contributed by atoms with Crippen LogP contribution in [0.3, 0.4) is 0 Å². The standard InChI is InChI=1S/C6H6N2O2S2/c9-3-7-5-1-11-6(8-4-10)12-2-5/h5-6H,1-2H2. The van der Waals surface area contributed by atoms with Gasteiger partial charge in [-0.3, -0.25) is 0 Å². The Bertz CT molecular complexity index is 212. The van der Waals surface area contributed by atoms with Gasteiger partial charge in [0, 0.05) is 11.5 Å². The third-order valence-corrected chi connectivity index (χ3v) is 4.01. The summed E-state index contributed by atoms with van der Waals surface area (Å²) in [7, 11) is 0. The van der Waals surface area contributed by atoms with E-state index in [0.29, 0.717) is 0 Å². The molecule has 0 radical (unpaired) electrons. The second-order valence-corrected chi connectivity index (χ2v) is 4.59. The van der Waals surface area contributed by atoms with Gasteiger partial charge in [-0.2, -0.15) is 4.99 Å². The molecule has 0 aromatic rings. The zero-order chi connectivity index (χ0) is 8.81. The summed E-state index contributed by atoms with van der Waals surface area (Å²) < 4.78 is -0.0689. The SMILES string of the molecule is O=C=NC1CSC(N=C=O)SC1. The Morgan fingerprint density at radius 3 is 2.17 bits per heavy atom. The normalized spacial score (nSPS) is 28.3. The van der Waals surface area contributed by atoms with Gasteiger partial charge >= 0.3 is 0 Å². The highest BCUT2D eigenvalue weighted by atomic mass is 32.2. The maximum absolute atomic E-state index is 9.88. The molecule has 0 saturated carbocycles. The molecule has 1 aliphatic heterocycles. The monoisotopic (exact) mass is 202 g/mol. The first-order valence-electron chi connectivity index (χ1n) is 3.24. The molecule has 4 nitrogen and oxygen atoms in total. The van der Waals surface area contributed by atoms with Crippen LogP contribution in [0.2, 0.25) is 0 Å². The van der Waals surface area contributed by atoms with Gasteiger partial charge in [-0.25, -0.2) is 14.6 Å². The molecular formula is C6H6N2O2S2. The molecule has 0 spiro atoms. The van der Waals surface area contributed by atoms with Gasteiger partial charge in [-0.05, 0) is 0 Å². The van der Waals surface area contributed by atoms with Crippen LogP contribution in [-0.4, -0.2) is 34.4 Å². The van der Waals surface area contributed by atoms with E-state index in [0.717, 1.165) is 11.5 Å². The third kappa shape index (κ3) is 2.83. The largest absolute Gasteiger partial charge is 0.236 e. The molecular weight excluding hydrogens is 196 g/mol. The summed E-state index contributed by atoms with van der Waals surface area (Å²) in [6.45, 7) is 0. The Morgan fingerprint density at radius 2 is 1.67 bits per heavy atom. The minimum atomic E-state index is -0.0689. The van der Waals surface area contributed by atoms with E-state index in [1.165, 1.54) is 35.7 Å². The van der Waals surface area contributed by atoms with Crippen LogP contribution >= 0.6 is 23.5 Å². The predicted molar refractivity (Wildman–Crippen MR) is 48.7 cm³/mol. The van der Waals surface area contributed by atoms with Crippen LogP contribution in [0.5, 0.6) is 0 Å². The first-order chi connectivity index (χ1) is 5.86. The fourth-order valence-electron chi connectivity index (χ4n) is 0.750. The van der Waals surface area contributed by atoms with Gasteiger partial charge in [0.25, 0.3) is 0 Å². The molecule has 1 heterocycles. The van der Waals surface area contributed by atoms with E-state index in [4.69, 9.17) is 0 Å². The number of isocyanates is 2. The first-order valence-corrected chi connectivity index (χ1v) is 5.33. The zero-order valence-corrected chi connectivity index (χ0v) is 7.73. The molecule has 0 unspecified atom stereocenters. The smallest absolute Gasteiger partial charge is 0.211 e. The molecule has 64 valence electrons. The summed E-state index contributed by atoms with van der Waals surface area (Å²) in [5.41, 5.74) is 0. The van der Waals surface area contributed by atoms with Crippen molar-refractivity contribution in [3.8, 4) is 0 Å². The summed E-state index contributed by atoms with van der Waals surface area (Å²) in [5, 5.41) is 0. The van der Waals surface area contributed by atoms with Crippen LogP contribution in [0, 0.1) is 0 Å². The van der Waals surface area contributed by atoms with Gasteiger partial charge in [0.15, 0.2) is 4.71 Å². The number of aliphatic imine (C=N–C) groups is 2. The zero-order valence-electron chi connectivity index (χ0n) is 6.10. The second kappa shape index (κ2) is 5.17. The number of hydrogen-bond acceptors (Lipinski definition) is 6. The molecule has 1 aliphatic rings. The van der Waals surface area contributed by atoms with Crippen molar-refractivity contribution >= 4 is 35.7 Å². The van der Waals surface area contributed by atoms with Crippen LogP contribution in [0.15, 0.2) is 9.98 Å². The van der Waals surface area contributed by atoms with Crippen molar-refractivity contribution in [3.63, 3.8) is 0 Å². The minimum Gasteiger partial charge on any atom is -0.211 e.